The Morgan fingerprint density at radius 1 is 1.00 bits per heavy atom. The molecule has 1 saturated carbocycles. The number of ether oxygens (including phenoxy) is 4. The van der Waals surface area contributed by atoms with Crippen molar-refractivity contribution < 1.29 is 18.9 Å². The van der Waals surface area contributed by atoms with Crippen LogP contribution in [0, 0.1) is 11.8 Å². The maximum atomic E-state index is 5.20. The minimum atomic E-state index is -0.0978. The molecule has 1 fully saturated rings. The fraction of sp³-hybridized carbons (Fsp3) is 1.00. The van der Waals surface area contributed by atoms with E-state index in [4.69, 9.17) is 18.9 Å². The Balaban J connectivity index is 2.24. The first-order valence-electron chi connectivity index (χ1n) is 4.88. The third kappa shape index (κ3) is 2.92. The van der Waals surface area contributed by atoms with Crippen LogP contribution in [-0.2, 0) is 18.9 Å². The molecule has 0 saturated heterocycles. The molecule has 0 aliphatic heterocycles. The van der Waals surface area contributed by atoms with E-state index in [9.17, 15) is 0 Å². The lowest BCUT2D eigenvalue weighted by atomic mass is 10.2. The Morgan fingerprint density at radius 2 is 1.57 bits per heavy atom. The molecule has 1 aliphatic rings. The zero-order valence-electron chi connectivity index (χ0n) is 9.36. The topological polar surface area (TPSA) is 36.9 Å². The predicted molar refractivity (Wildman–Crippen MR) is 51.8 cm³/mol. The zero-order valence-corrected chi connectivity index (χ0v) is 9.36. The van der Waals surface area contributed by atoms with Crippen molar-refractivity contribution in [3.05, 3.63) is 0 Å². The molecule has 0 aromatic carbocycles. The quantitative estimate of drug-likeness (QED) is 0.585. The summed E-state index contributed by atoms with van der Waals surface area (Å²) < 4.78 is 20.7. The van der Waals surface area contributed by atoms with Gasteiger partial charge in [0, 0.05) is 40.8 Å². The van der Waals surface area contributed by atoms with Crippen molar-refractivity contribution in [2.75, 3.05) is 28.4 Å². The van der Waals surface area contributed by atoms with E-state index in [1.807, 2.05) is 0 Å². The van der Waals surface area contributed by atoms with Crippen LogP contribution in [0.5, 0.6) is 0 Å². The van der Waals surface area contributed by atoms with Gasteiger partial charge in [-0.2, -0.15) is 0 Å². The monoisotopic (exact) mass is 204 g/mol. The standard InChI is InChI=1S/C10H20O4/c1-11-9(12-2)6-7-5-8(7)10(13-3)14-4/h7-10H,5-6H2,1-4H3. The summed E-state index contributed by atoms with van der Waals surface area (Å²) in [5, 5.41) is 0. The minimum absolute atomic E-state index is 0.0747. The lowest BCUT2D eigenvalue weighted by Crippen LogP contribution is -2.19. The third-order valence-electron chi connectivity index (χ3n) is 2.81. The molecule has 1 aliphatic carbocycles. The van der Waals surface area contributed by atoms with Crippen molar-refractivity contribution >= 4 is 0 Å². The molecule has 1 rings (SSSR count). The lowest BCUT2D eigenvalue weighted by Gasteiger charge is -2.15. The van der Waals surface area contributed by atoms with E-state index < -0.39 is 0 Å². The molecular weight excluding hydrogens is 184 g/mol. The number of rotatable bonds is 7. The van der Waals surface area contributed by atoms with Crippen molar-refractivity contribution in [3.63, 3.8) is 0 Å². The summed E-state index contributed by atoms with van der Waals surface area (Å²) in [4.78, 5) is 0. The molecule has 0 bridgehead atoms. The molecule has 2 unspecified atom stereocenters. The van der Waals surface area contributed by atoms with E-state index in [1.165, 1.54) is 0 Å². The van der Waals surface area contributed by atoms with E-state index in [1.54, 1.807) is 28.4 Å². The maximum Gasteiger partial charge on any atom is 0.159 e. The largest absolute Gasteiger partial charge is 0.356 e. The molecule has 0 aromatic rings. The molecule has 0 aromatic heterocycles. The van der Waals surface area contributed by atoms with Gasteiger partial charge in [0.1, 0.15) is 0 Å². The first-order valence-corrected chi connectivity index (χ1v) is 4.88. The van der Waals surface area contributed by atoms with Crippen LogP contribution in [0.25, 0.3) is 0 Å². The second kappa shape index (κ2) is 5.66. The molecule has 84 valence electrons. The number of hydrogen-bond donors (Lipinski definition) is 0. The first kappa shape index (κ1) is 11.9. The van der Waals surface area contributed by atoms with Gasteiger partial charge < -0.3 is 18.9 Å². The summed E-state index contributed by atoms with van der Waals surface area (Å²) in [5.41, 5.74) is 0. The fourth-order valence-corrected chi connectivity index (χ4v) is 1.86. The van der Waals surface area contributed by atoms with Crippen molar-refractivity contribution in [1.29, 1.82) is 0 Å². The highest BCUT2D eigenvalue weighted by Crippen LogP contribution is 2.45. The molecule has 0 heterocycles. The molecule has 0 spiro atoms. The highest BCUT2D eigenvalue weighted by atomic mass is 16.7. The van der Waals surface area contributed by atoms with E-state index in [0.717, 1.165) is 12.8 Å². The van der Waals surface area contributed by atoms with E-state index in [2.05, 4.69) is 0 Å². The van der Waals surface area contributed by atoms with Crippen LogP contribution < -0.4 is 0 Å². The molecule has 14 heavy (non-hydrogen) atoms. The normalized spacial score (nSPS) is 26.1. The van der Waals surface area contributed by atoms with Gasteiger partial charge in [0.05, 0.1) is 0 Å². The van der Waals surface area contributed by atoms with E-state index >= 15 is 0 Å². The Labute approximate surface area is 85.5 Å². The Hall–Kier alpha value is -0.160. The average Bonchev–Trinajstić information content (AvgIpc) is 2.96. The summed E-state index contributed by atoms with van der Waals surface area (Å²) in [5.74, 6) is 1.10. The van der Waals surface area contributed by atoms with Crippen LogP contribution in [0.2, 0.25) is 0 Å². The molecular formula is C10H20O4. The average molecular weight is 204 g/mol. The second-order valence-electron chi connectivity index (χ2n) is 3.64. The predicted octanol–water partition coefficient (Wildman–Crippen LogP) is 1.25. The first-order chi connectivity index (χ1) is 6.76. The van der Waals surface area contributed by atoms with Gasteiger partial charge in [-0.05, 0) is 12.3 Å². The highest BCUT2D eigenvalue weighted by Gasteiger charge is 2.44. The van der Waals surface area contributed by atoms with Gasteiger partial charge in [0.25, 0.3) is 0 Å². The summed E-state index contributed by atoms with van der Waals surface area (Å²) >= 11 is 0. The summed E-state index contributed by atoms with van der Waals surface area (Å²) in [7, 11) is 6.67. The number of hydrogen-bond acceptors (Lipinski definition) is 4. The smallest absolute Gasteiger partial charge is 0.159 e. The van der Waals surface area contributed by atoms with Gasteiger partial charge in [0.2, 0.25) is 0 Å². The summed E-state index contributed by atoms with van der Waals surface area (Å²) in [6.45, 7) is 0. The molecule has 4 heteroatoms. The maximum absolute atomic E-state index is 5.20. The summed E-state index contributed by atoms with van der Waals surface area (Å²) in [6.07, 6.45) is 1.88. The van der Waals surface area contributed by atoms with Gasteiger partial charge in [-0.15, -0.1) is 0 Å². The van der Waals surface area contributed by atoms with Gasteiger partial charge in [-0.1, -0.05) is 0 Å². The van der Waals surface area contributed by atoms with Crippen molar-refractivity contribution in [3.8, 4) is 0 Å². The van der Waals surface area contributed by atoms with Crippen molar-refractivity contribution in [2.24, 2.45) is 11.8 Å². The van der Waals surface area contributed by atoms with Crippen LogP contribution in [0.1, 0.15) is 12.8 Å². The Kier molecular flexibility index (Phi) is 4.81. The fourth-order valence-electron chi connectivity index (χ4n) is 1.86. The molecule has 0 N–H and O–H groups in total. The van der Waals surface area contributed by atoms with Crippen LogP contribution in [0.3, 0.4) is 0 Å². The van der Waals surface area contributed by atoms with Crippen molar-refractivity contribution in [2.45, 2.75) is 25.4 Å². The minimum Gasteiger partial charge on any atom is -0.356 e. The molecule has 0 amide bonds. The van der Waals surface area contributed by atoms with Crippen LogP contribution in [0.4, 0.5) is 0 Å². The molecule has 4 nitrogen and oxygen atoms in total. The van der Waals surface area contributed by atoms with Crippen LogP contribution in [-0.4, -0.2) is 41.0 Å². The molecule has 2 atom stereocenters. The lowest BCUT2D eigenvalue weighted by molar-refractivity contribution is -0.129. The highest BCUT2D eigenvalue weighted by molar-refractivity contribution is 4.89. The van der Waals surface area contributed by atoms with Gasteiger partial charge >= 0.3 is 0 Å². The van der Waals surface area contributed by atoms with E-state index in [-0.39, 0.29) is 12.6 Å². The van der Waals surface area contributed by atoms with Gasteiger partial charge in [-0.25, -0.2) is 0 Å². The van der Waals surface area contributed by atoms with Crippen molar-refractivity contribution in [1.82, 2.24) is 0 Å². The SMILES string of the molecule is COC(CC1CC1C(OC)OC)OC. The number of methoxy groups -OCH3 is 4. The zero-order chi connectivity index (χ0) is 10.6. The Bertz CT molecular complexity index is 154. The third-order valence-corrected chi connectivity index (χ3v) is 2.81. The van der Waals surface area contributed by atoms with Gasteiger partial charge in [-0.3, -0.25) is 0 Å². The summed E-state index contributed by atoms with van der Waals surface area (Å²) in [6, 6.07) is 0. The molecule has 0 radical (unpaired) electrons. The Morgan fingerprint density at radius 3 is 2.00 bits per heavy atom. The van der Waals surface area contributed by atoms with Gasteiger partial charge in [0.15, 0.2) is 12.6 Å². The van der Waals surface area contributed by atoms with Crippen LogP contribution >= 0.6 is 0 Å². The van der Waals surface area contributed by atoms with E-state index in [0.29, 0.717) is 11.8 Å². The second-order valence-corrected chi connectivity index (χ2v) is 3.64. The van der Waals surface area contributed by atoms with Crippen LogP contribution in [0.15, 0.2) is 0 Å².